The molecule has 1 saturated heterocycles. The number of nitrogens with one attached hydrogen (secondary N) is 4. The highest BCUT2D eigenvalue weighted by molar-refractivity contribution is 5.88. The molecule has 2 amide bonds. The van der Waals surface area contributed by atoms with Crippen LogP contribution in [0.25, 0.3) is 21.3 Å². The monoisotopic (exact) mass is 510 g/mol. The number of carbonyl (C=O) groups is 2. The topological polar surface area (TPSA) is 196 Å². The van der Waals surface area contributed by atoms with Gasteiger partial charge in [-0.1, -0.05) is 23.3 Å². The molecule has 3 aromatic rings. The van der Waals surface area contributed by atoms with Crippen molar-refractivity contribution in [1.29, 1.82) is 0 Å². The number of ether oxygens (including phenoxy) is 2. The molecule has 4 N–H and O–H groups in total. The van der Waals surface area contributed by atoms with Crippen molar-refractivity contribution in [3.05, 3.63) is 79.1 Å². The van der Waals surface area contributed by atoms with E-state index < -0.39 is 47.7 Å². The number of hydrogen-bond acceptors (Lipinski definition) is 7. The lowest BCUT2D eigenvalue weighted by Crippen LogP contribution is -2.47. The van der Waals surface area contributed by atoms with E-state index in [1.54, 1.807) is 13.1 Å². The Morgan fingerprint density at radius 2 is 2.14 bits per heavy atom. The lowest BCUT2D eigenvalue weighted by molar-refractivity contribution is -0.122. The minimum absolute atomic E-state index is 0.131. The highest BCUT2D eigenvalue weighted by atomic mass is 16.6. The summed E-state index contributed by atoms with van der Waals surface area (Å²) in [6.07, 6.45) is 0.938. The Morgan fingerprint density at radius 3 is 2.89 bits per heavy atom. The average Bonchev–Trinajstić information content (AvgIpc) is 3.48. The molecular formula is C23H26N8O6. The second kappa shape index (κ2) is 11.0. The smallest absolute Gasteiger partial charge is 0.407 e. The SMILES string of the molecule is CNC(=O)[C@H](Cc1c[nH]c2ccccc12)NC(=O)OCC1OC(n2cc(C)c(=O)[nH]c2=O)CC1N=[N+]=[N-]. The van der Waals surface area contributed by atoms with Gasteiger partial charge in [0.15, 0.2) is 0 Å². The number of likely N-dealkylation sites (N-methyl/N-ethyl adjacent to an activating group) is 1. The van der Waals surface area contributed by atoms with E-state index in [1.165, 1.54) is 17.8 Å². The normalized spacial score (nSPS) is 19.7. The number of benzene rings is 1. The number of fused-ring (bicyclic) bond motifs is 1. The number of aryl methyl sites for hydroxylation is 1. The van der Waals surface area contributed by atoms with Gasteiger partial charge >= 0.3 is 11.8 Å². The zero-order valence-electron chi connectivity index (χ0n) is 20.1. The lowest BCUT2D eigenvalue weighted by Gasteiger charge is -2.19. The summed E-state index contributed by atoms with van der Waals surface area (Å²) < 4.78 is 12.3. The molecule has 1 fully saturated rings. The maximum absolute atomic E-state index is 12.6. The molecule has 14 nitrogen and oxygen atoms in total. The Labute approximate surface area is 209 Å². The van der Waals surface area contributed by atoms with Gasteiger partial charge in [-0.15, -0.1) is 0 Å². The maximum Gasteiger partial charge on any atom is 0.407 e. The van der Waals surface area contributed by atoms with Crippen molar-refractivity contribution >= 4 is 22.9 Å². The second-order valence-electron chi connectivity index (χ2n) is 8.59. The number of hydrogen-bond donors (Lipinski definition) is 4. The van der Waals surface area contributed by atoms with Gasteiger partial charge in [-0.05, 0) is 24.1 Å². The first kappa shape index (κ1) is 25.5. The van der Waals surface area contributed by atoms with Gasteiger partial charge in [0.1, 0.15) is 25.0 Å². The standard InChI is InChI=1S/C23H26N8O6/c1-12-10-31(22(34)28-20(12)32)19-8-16(29-30-24)18(37-19)11-36-23(35)27-17(21(33)25-2)7-13-9-26-15-6-4-3-5-14(13)15/h3-6,9-10,16-19,26H,7-8,11H2,1-2H3,(H,25,33)(H,27,35)(H,28,32,34)/t16?,17-,18?,19?/m0/s1. The number of para-hydroxylation sites is 1. The largest absolute Gasteiger partial charge is 0.447 e. The molecule has 37 heavy (non-hydrogen) atoms. The molecule has 14 heteroatoms. The van der Waals surface area contributed by atoms with E-state index in [1.807, 2.05) is 24.3 Å². The van der Waals surface area contributed by atoms with Crippen LogP contribution in [-0.4, -0.2) is 58.4 Å². The Bertz CT molecular complexity index is 1470. The number of rotatable bonds is 8. The maximum atomic E-state index is 12.6. The second-order valence-corrected chi connectivity index (χ2v) is 8.59. The number of nitrogens with zero attached hydrogens (tertiary/aromatic N) is 4. The molecule has 0 spiro atoms. The number of carbonyl (C=O) groups excluding carboxylic acids is 2. The molecule has 0 radical (unpaired) electrons. The van der Waals surface area contributed by atoms with Gasteiger partial charge in [0.05, 0.1) is 6.04 Å². The van der Waals surface area contributed by atoms with Crippen LogP contribution in [0.4, 0.5) is 4.79 Å². The first-order chi connectivity index (χ1) is 17.8. The third-order valence-corrected chi connectivity index (χ3v) is 6.19. The Balaban J connectivity index is 1.42. The van der Waals surface area contributed by atoms with Crippen LogP contribution in [0.15, 0.2) is 51.4 Å². The van der Waals surface area contributed by atoms with Gasteiger partial charge in [-0.2, -0.15) is 0 Å². The highest BCUT2D eigenvalue weighted by Crippen LogP contribution is 2.30. The predicted molar refractivity (Wildman–Crippen MR) is 132 cm³/mol. The number of H-pyrrole nitrogens is 2. The number of aromatic nitrogens is 3. The van der Waals surface area contributed by atoms with Crippen LogP contribution in [0.5, 0.6) is 0 Å². The Morgan fingerprint density at radius 1 is 1.35 bits per heavy atom. The van der Waals surface area contributed by atoms with Gasteiger partial charge in [-0.25, -0.2) is 9.59 Å². The molecule has 0 bridgehead atoms. The van der Waals surface area contributed by atoms with Gasteiger partial charge in [-0.3, -0.25) is 19.1 Å². The van der Waals surface area contributed by atoms with Crippen LogP contribution in [-0.2, 0) is 20.7 Å². The van der Waals surface area contributed by atoms with Gasteiger partial charge in [0.25, 0.3) is 5.56 Å². The van der Waals surface area contributed by atoms with Crippen molar-refractivity contribution in [3.8, 4) is 0 Å². The summed E-state index contributed by atoms with van der Waals surface area (Å²) >= 11 is 0. The average molecular weight is 511 g/mol. The highest BCUT2D eigenvalue weighted by Gasteiger charge is 2.37. The van der Waals surface area contributed by atoms with E-state index in [2.05, 4.69) is 30.6 Å². The fourth-order valence-electron chi connectivity index (χ4n) is 4.27. The van der Waals surface area contributed by atoms with Crippen molar-refractivity contribution in [2.75, 3.05) is 13.7 Å². The van der Waals surface area contributed by atoms with Gasteiger partial charge in [0, 0.05) is 53.7 Å². The molecule has 2 aromatic heterocycles. The summed E-state index contributed by atoms with van der Waals surface area (Å²) in [5, 5.41) is 9.73. The van der Waals surface area contributed by atoms with E-state index in [0.29, 0.717) is 5.56 Å². The van der Waals surface area contributed by atoms with Crippen LogP contribution in [0.2, 0.25) is 0 Å². The number of azide groups is 1. The number of alkyl carbamates (subject to hydrolysis) is 1. The lowest BCUT2D eigenvalue weighted by atomic mass is 10.0. The van der Waals surface area contributed by atoms with E-state index in [0.717, 1.165) is 16.5 Å². The molecule has 1 aromatic carbocycles. The minimum atomic E-state index is -0.912. The molecule has 1 aliphatic rings. The summed E-state index contributed by atoms with van der Waals surface area (Å²) in [7, 11) is 1.47. The third kappa shape index (κ3) is 5.66. The Hall–Kier alpha value is -4.55. The van der Waals surface area contributed by atoms with E-state index in [-0.39, 0.29) is 19.4 Å². The predicted octanol–water partition coefficient (Wildman–Crippen LogP) is 1.38. The molecule has 4 rings (SSSR count). The first-order valence-corrected chi connectivity index (χ1v) is 11.5. The fraction of sp³-hybridized carbons (Fsp3) is 0.391. The third-order valence-electron chi connectivity index (χ3n) is 6.19. The molecule has 0 aliphatic carbocycles. The quantitative estimate of drug-likeness (QED) is 0.200. The zero-order chi connectivity index (χ0) is 26.5. The summed E-state index contributed by atoms with van der Waals surface area (Å²) in [5.41, 5.74) is 9.80. The molecule has 3 unspecified atom stereocenters. The molecule has 0 saturated carbocycles. The Kier molecular flexibility index (Phi) is 7.60. The minimum Gasteiger partial charge on any atom is -0.447 e. The van der Waals surface area contributed by atoms with E-state index >= 15 is 0 Å². The van der Waals surface area contributed by atoms with Crippen molar-refractivity contribution in [1.82, 2.24) is 25.2 Å². The molecule has 4 atom stereocenters. The zero-order valence-corrected chi connectivity index (χ0v) is 20.1. The van der Waals surface area contributed by atoms with Crippen molar-refractivity contribution in [3.63, 3.8) is 0 Å². The summed E-state index contributed by atoms with van der Waals surface area (Å²) in [4.78, 5) is 57.1. The van der Waals surface area contributed by atoms with E-state index in [4.69, 9.17) is 15.0 Å². The van der Waals surface area contributed by atoms with Crippen LogP contribution >= 0.6 is 0 Å². The molecular weight excluding hydrogens is 484 g/mol. The van der Waals surface area contributed by atoms with Crippen LogP contribution < -0.4 is 21.9 Å². The molecule has 1 aliphatic heterocycles. The van der Waals surface area contributed by atoms with Crippen LogP contribution in [0.1, 0.15) is 23.8 Å². The van der Waals surface area contributed by atoms with Gasteiger partial charge < -0.3 is 25.1 Å². The number of amides is 2. The van der Waals surface area contributed by atoms with Crippen molar-refractivity contribution in [2.45, 2.75) is 44.2 Å². The van der Waals surface area contributed by atoms with Crippen molar-refractivity contribution < 1.29 is 19.1 Å². The van der Waals surface area contributed by atoms with Crippen LogP contribution in [0, 0.1) is 6.92 Å². The van der Waals surface area contributed by atoms with E-state index in [9.17, 15) is 19.2 Å². The summed E-state index contributed by atoms with van der Waals surface area (Å²) in [6, 6.07) is 5.95. The molecule has 3 heterocycles. The molecule has 194 valence electrons. The number of aromatic amines is 2. The summed E-state index contributed by atoms with van der Waals surface area (Å²) in [5.74, 6) is -0.404. The summed E-state index contributed by atoms with van der Waals surface area (Å²) in [6.45, 7) is 1.25. The van der Waals surface area contributed by atoms with Crippen molar-refractivity contribution in [2.24, 2.45) is 5.11 Å². The first-order valence-electron chi connectivity index (χ1n) is 11.5. The van der Waals surface area contributed by atoms with Gasteiger partial charge in [0.2, 0.25) is 5.91 Å². The fourth-order valence-corrected chi connectivity index (χ4v) is 4.27. The van der Waals surface area contributed by atoms with Crippen LogP contribution in [0.3, 0.4) is 0 Å².